The lowest BCUT2D eigenvalue weighted by Gasteiger charge is -2.35. The van der Waals surface area contributed by atoms with Crippen LogP contribution in [0.4, 0.5) is 4.39 Å². The first-order valence-electron chi connectivity index (χ1n) is 6.16. The summed E-state index contributed by atoms with van der Waals surface area (Å²) in [6, 6.07) is 4.67. The monoisotopic (exact) mass is 262 g/mol. The van der Waals surface area contributed by atoms with Crippen molar-refractivity contribution in [1.82, 2.24) is 14.8 Å². The minimum atomic E-state index is -0.593. The van der Waals surface area contributed by atoms with Crippen molar-refractivity contribution in [3.8, 4) is 6.07 Å². The summed E-state index contributed by atoms with van der Waals surface area (Å²) in [5.41, 5.74) is 0.392. The Labute approximate surface area is 111 Å². The van der Waals surface area contributed by atoms with Crippen LogP contribution in [-0.4, -0.2) is 52.9 Å². The summed E-state index contributed by atoms with van der Waals surface area (Å²) in [5.74, 6) is -0.735. The van der Waals surface area contributed by atoms with Gasteiger partial charge in [-0.1, -0.05) is 0 Å². The van der Waals surface area contributed by atoms with Gasteiger partial charge in [-0.15, -0.1) is 0 Å². The summed E-state index contributed by atoms with van der Waals surface area (Å²) in [5, 5.41) is 8.85. The number of halogens is 1. The molecule has 1 fully saturated rings. The van der Waals surface area contributed by atoms with E-state index >= 15 is 0 Å². The van der Waals surface area contributed by atoms with Gasteiger partial charge in [0.25, 0.3) is 5.91 Å². The van der Waals surface area contributed by atoms with Gasteiger partial charge in [0.05, 0.1) is 17.7 Å². The van der Waals surface area contributed by atoms with Gasteiger partial charge in [0.1, 0.15) is 0 Å². The van der Waals surface area contributed by atoms with Gasteiger partial charge in [-0.25, -0.2) is 4.98 Å². The summed E-state index contributed by atoms with van der Waals surface area (Å²) in [4.78, 5) is 19.4. The van der Waals surface area contributed by atoms with E-state index < -0.39 is 5.95 Å². The highest BCUT2D eigenvalue weighted by Gasteiger charge is 2.24. The zero-order valence-corrected chi connectivity index (χ0v) is 10.7. The second-order valence-electron chi connectivity index (χ2n) is 4.50. The second-order valence-corrected chi connectivity index (χ2v) is 4.50. The SMILES string of the molecule is CC(C#N)N1CCN(C(=O)c2ccc(F)nc2)CC1. The summed E-state index contributed by atoms with van der Waals surface area (Å²) < 4.78 is 12.7. The Bertz CT molecular complexity index is 488. The number of hydrogen-bond acceptors (Lipinski definition) is 4. The fraction of sp³-hybridized carbons (Fsp3) is 0.462. The van der Waals surface area contributed by atoms with Crippen LogP contribution in [0.1, 0.15) is 17.3 Å². The third-order valence-electron chi connectivity index (χ3n) is 3.31. The van der Waals surface area contributed by atoms with Crippen molar-refractivity contribution < 1.29 is 9.18 Å². The molecule has 100 valence electrons. The molecule has 2 heterocycles. The molecule has 5 nitrogen and oxygen atoms in total. The smallest absolute Gasteiger partial charge is 0.255 e. The van der Waals surface area contributed by atoms with Crippen molar-refractivity contribution in [3.63, 3.8) is 0 Å². The summed E-state index contributed by atoms with van der Waals surface area (Å²) >= 11 is 0. The first-order chi connectivity index (χ1) is 9.11. The van der Waals surface area contributed by atoms with E-state index in [1.807, 2.05) is 11.8 Å². The molecule has 1 aromatic heterocycles. The highest BCUT2D eigenvalue weighted by molar-refractivity contribution is 5.93. The van der Waals surface area contributed by atoms with Gasteiger partial charge in [-0.2, -0.15) is 9.65 Å². The molecule has 6 heteroatoms. The predicted molar refractivity (Wildman–Crippen MR) is 66.7 cm³/mol. The number of nitriles is 1. The highest BCUT2D eigenvalue weighted by Crippen LogP contribution is 2.10. The lowest BCUT2D eigenvalue weighted by atomic mass is 10.2. The van der Waals surface area contributed by atoms with Gasteiger partial charge in [-0.05, 0) is 19.1 Å². The molecule has 0 aromatic carbocycles. The van der Waals surface area contributed by atoms with E-state index in [1.54, 1.807) is 4.90 Å². The summed E-state index contributed by atoms with van der Waals surface area (Å²) in [6.45, 7) is 4.34. The van der Waals surface area contributed by atoms with Crippen LogP contribution in [0.15, 0.2) is 18.3 Å². The largest absolute Gasteiger partial charge is 0.336 e. The number of piperazine rings is 1. The Morgan fingerprint density at radius 1 is 1.42 bits per heavy atom. The van der Waals surface area contributed by atoms with E-state index in [4.69, 9.17) is 5.26 Å². The van der Waals surface area contributed by atoms with Crippen LogP contribution in [0, 0.1) is 17.3 Å². The Morgan fingerprint density at radius 2 is 2.11 bits per heavy atom. The first-order valence-corrected chi connectivity index (χ1v) is 6.16. The zero-order valence-electron chi connectivity index (χ0n) is 10.7. The summed E-state index contributed by atoms with van der Waals surface area (Å²) in [7, 11) is 0. The molecule has 0 saturated carbocycles. The molecule has 0 aliphatic carbocycles. The number of hydrogen-bond donors (Lipinski definition) is 0. The molecule has 0 bridgehead atoms. The predicted octanol–water partition coefficient (Wildman–Crippen LogP) is 0.891. The quantitative estimate of drug-likeness (QED) is 0.743. The Balaban J connectivity index is 1.96. The molecule has 1 amide bonds. The fourth-order valence-electron chi connectivity index (χ4n) is 2.08. The Morgan fingerprint density at radius 3 is 2.63 bits per heavy atom. The van der Waals surface area contributed by atoms with E-state index in [2.05, 4.69) is 11.1 Å². The number of amides is 1. The molecule has 0 N–H and O–H groups in total. The average Bonchev–Trinajstić information content (AvgIpc) is 2.46. The molecule has 1 unspecified atom stereocenters. The van der Waals surface area contributed by atoms with Crippen LogP contribution in [0.2, 0.25) is 0 Å². The number of carbonyl (C=O) groups is 1. The van der Waals surface area contributed by atoms with Crippen molar-refractivity contribution in [1.29, 1.82) is 5.26 Å². The number of carbonyl (C=O) groups excluding carboxylic acids is 1. The van der Waals surface area contributed by atoms with E-state index in [1.165, 1.54) is 18.3 Å². The van der Waals surface area contributed by atoms with Crippen molar-refractivity contribution >= 4 is 5.91 Å². The van der Waals surface area contributed by atoms with Gasteiger partial charge < -0.3 is 4.90 Å². The van der Waals surface area contributed by atoms with Crippen LogP contribution < -0.4 is 0 Å². The van der Waals surface area contributed by atoms with E-state index in [-0.39, 0.29) is 11.9 Å². The number of rotatable bonds is 2. The lowest BCUT2D eigenvalue weighted by Crippen LogP contribution is -2.51. The van der Waals surface area contributed by atoms with Crippen molar-refractivity contribution in [2.45, 2.75) is 13.0 Å². The zero-order chi connectivity index (χ0) is 13.8. The normalized spacial score (nSPS) is 17.8. The van der Waals surface area contributed by atoms with E-state index in [9.17, 15) is 9.18 Å². The molecule has 0 spiro atoms. The molecular formula is C13H15FN4O. The van der Waals surface area contributed by atoms with E-state index in [0.29, 0.717) is 31.7 Å². The van der Waals surface area contributed by atoms with Crippen LogP contribution >= 0.6 is 0 Å². The topological polar surface area (TPSA) is 60.2 Å². The van der Waals surface area contributed by atoms with Crippen molar-refractivity contribution in [2.24, 2.45) is 0 Å². The van der Waals surface area contributed by atoms with Gasteiger partial charge in [0.15, 0.2) is 0 Å². The van der Waals surface area contributed by atoms with Crippen molar-refractivity contribution in [2.75, 3.05) is 26.2 Å². The number of pyridine rings is 1. The molecule has 19 heavy (non-hydrogen) atoms. The maximum absolute atomic E-state index is 12.7. The maximum Gasteiger partial charge on any atom is 0.255 e. The molecule has 2 rings (SSSR count). The first kappa shape index (κ1) is 13.4. The third-order valence-corrected chi connectivity index (χ3v) is 3.31. The summed E-state index contributed by atoms with van der Waals surface area (Å²) in [6.07, 6.45) is 1.25. The molecule has 1 aliphatic rings. The Kier molecular flexibility index (Phi) is 4.07. The lowest BCUT2D eigenvalue weighted by molar-refractivity contribution is 0.0615. The Hall–Kier alpha value is -2.00. The van der Waals surface area contributed by atoms with Gasteiger partial charge >= 0.3 is 0 Å². The van der Waals surface area contributed by atoms with Crippen LogP contribution in [0.3, 0.4) is 0 Å². The molecule has 0 radical (unpaired) electrons. The fourth-order valence-corrected chi connectivity index (χ4v) is 2.08. The van der Waals surface area contributed by atoms with Gasteiger partial charge in [0, 0.05) is 32.4 Å². The van der Waals surface area contributed by atoms with Crippen molar-refractivity contribution in [3.05, 3.63) is 29.8 Å². The van der Waals surface area contributed by atoms with Gasteiger partial charge in [0.2, 0.25) is 5.95 Å². The van der Waals surface area contributed by atoms with Crippen LogP contribution in [0.25, 0.3) is 0 Å². The molecular weight excluding hydrogens is 247 g/mol. The standard InChI is InChI=1S/C13H15FN4O/c1-10(8-15)17-4-6-18(7-5-17)13(19)11-2-3-12(14)16-9-11/h2-3,9-10H,4-7H2,1H3. The number of nitrogens with zero attached hydrogens (tertiary/aromatic N) is 4. The van der Waals surface area contributed by atoms with E-state index in [0.717, 1.165) is 0 Å². The molecule has 1 aliphatic heterocycles. The molecule has 1 saturated heterocycles. The van der Waals surface area contributed by atoms with Crippen LogP contribution in [0.5, 0.6) is 0 Å². The van der Waals surface area contributed by atoms with Crippen LogP contribution in [-0.2, 0) is 0 Å². The minimum absolute atomic E-state index is 0.135. The average molecular weight is 262 g/mol. The second kappa shape index (κ2) is 5.76. The maximum atomic E-state index is 12.7. The third kappa shape index (κ3) is 3.06. The van der Waals surface area contributed by atoms with Gasteiger partial charge in [-0.3, -0.25) is 9.69 Å². The molecule has 1 atom stereocenters. The minimum Gasteiger partial charge on any atom is -0.336 e. The highest BCUT2D eigenvalue weighted by atomic mass is 19.1. The molecule has 1 aromatic rings. The number of aromatic nitrogens is 1.